The molecular formula is C12H18N2O2. The molecule has 1 rings (SSSR count). The van der Waals surface area contributed by atoms with E-state index in [4.69, 9.17) is 10.8 Å². The van der Waals surface area contributed by atoms with Crippen molar-refractivity contribution in [3.05, 3.63) is 34.9 Å². The number of aliphatic hydroxyl groups is 1. The van der Waals surface area contributed by atoms with Crippen molar-refractivity contribution >= 4 is 5.91 Å². The standard InChI is InChI=1S/C12H18N2O2/c1-8-3-4-10(5-9(8)2)6-14-12(16)11(13)7-15/h3-5,11,15H,6-7,13H2,1-2H3,(H,14,16). The zero-order chi connectivity index (χ0) is 12.1. The predicted octanol–water partition coefficient (Wildman–Crippen LogP) is 0.239. The minimum atomic E-state index is -0.841. The molecule has 0 aliphatic carbocycles. The second-order valence-electron chi connectivity index (χ2n) is 3.93. The van der Waals surface area contributed by atoms with Crippen LogP contribution in [-0.2, 0) is 11.3 Å². The van der Waals surface area contributed by atoms with Crippen molar-refractivity contribution in [3.63, 3.8) is 0 Å². The van der Waals surface area contributed by atoms with Crippen LogP contribution < -0.4 is 11.1 Å². The first-order chi connectivity index (χ1) is 7.54. The zero-order valence-corrected chi connectivity index (χ0v) is 9.66. The van der Waals surface area contributed by atoms with Crippen LogP contribution in [0.5, 0.6) is 0 Å². The topological polar surface area (TPSA) is 75.4 Å². The number of nitrogens with two attached hydrogens (primary N) is 1. The molecule has 0 heterocycles. The quantitative estimate of drug-likeness (QED) is 0.683. The van der Waals surface area contributed by atoms with E-state index in [0.717, 1.165) is 5.56 Å². The fraction of sp³-hybridized carbons (Fsp3) is 0.417. The van der Waals surface area contributed by atoms with Gasteiger partial charge in [0, 0.05) is 6.54 Å². The van der Waals surface area contributed by atoms with Crippen LogP contribution in [0.1, 0.15) is 16.7 Å². The van der Waals surface area contributed by atoms with Crippen LogP contribution in [0.3, 0.4) is 0 Å². The zero-order valence-electron chi connectivity index (χ0n) is 9.66. The van der Waals surface area contributed by atoms with E-state index in [1.165, 1.54) is 11.1 Å². The van der Waals surface area contributed by atoms with Crippen molar-refractivity contribution in [3.8, 4) is 0 Å². The highest BCUT2D eigenvalue weighted by atomic mass is 16.3. The Kier molecular flexibility index (Phi) is 4.46. The Labute approximate surface area is 95.5 Å². The monoisotopic (exact) mass is 222 g/mol. The third-order valence-electron chi connectivity index (χ3n) is 2.57. The van der Waals surface area contributed by atoms with Gasteiger partial charge >= 0.3 is 0 Å². The molecule has 1 unspecified atom stereocenters. The Balaban J connectivity index is 2.55. The fourth-order valence-corrected chi connectivity index (χ4v) is 1.32. The number of nitrogens with one attached hydrogen (secondary N) is 1. The van der Waals surface area contributed by atoms with E-state index in [-0.39, 0.29) is 12.5 Å². The summed E-state index contributed by atoms with van der Waals surface area (Å²) >= 11 is 0. The molecule has 0 aromatic heterocycles. The summed E-state index contributed by atoms with van der Waals surface area (Å²) < 4.78 is 0. The molecule has 88 valence electrons. The average Bonchev–Trinajstić information content (AvgIpc) is 2.29. The van der Waals surface area contributed by atoms with Crippen LogP contribution >= 0.6 is 0 Å². The average molecular weight is 222 g/mol. The van der Waals surface area contributed by atoms with Crippen LogP contribution in [0.15, 0.2) is 18.2 Å². The smallest absolute Gasteiger partial charge is 0.239 e. The summed E-state index contributed by atoms with van der Waals surface area (Å²) in [6.45, 7) is 4.17. The molecule has 1 amide bonds. The van der Waals surface area contributed by atoms with Gasteiger partial charge in [0.15, 0.2) is 0 Å². The molecule has 0 aliphatic rings. The third kappa shape index (κ3) is 3.32. The van der Waals surface area contributed by atoms with Gasteiger partial charge in [0.05, 0.1) is 6.61 Å². The van der Waals surface area contributed by atoms with Gasteiger partial charge in [-0.05, 0) is 30.5 Å². The molecule has 4 heteroatoms. The molecule has 0 radical (unpaired) electrons. The van der Waals surface area contributed by atoms with E-state index >= 15 is 0 Å². The fourth-order valence-electron chi connectivity index (χ4n) is 1.32. The molecule has 0 saturated heterocycles. The van der Waals surface area contributed by atoms with Crippen molar-refractivity contribution < 1.29 is 9.90 Å². The number of amides is 1. The summed E-state index contributed by atoms with van der Waals surface area (Å²) in [5.41, 5.74) is 8.82. The lowest BCUT2D eigenvalue weighted by Crippen LogP contribution is -2.42. The molecule has 4 nitrogen and oxygen atoms in total. The van der Waals surface area contributed by atoms with E-state index < -0.39 is 6.04 Å². The second kappa shape index (κ2) is 5.63. The largest absolute Gasteiger partial charge is 0.394 e. The normalized spacial score (nSPS) is 12.2. The molecule has 0 aliphatic heterocycles. The van der Waals surface area contributed by atoms with E-state index in [2.05, 4.69) is 5.32 Å². The maximum absolute atomic E-state index is 11.3. The minimum absolute atomic E-state index is 0.333. The van der Waals surface area contributed by atoms with Crippen LogP contribution in [-0.4, -0.2) is 23.7 Å². The molecule has 4 N–H and O–H groups in total. The molecule has 0 saturated carbocycles. The maximum Gasteiger partial charge on any atom is 0.239 e. The van der Waals surface area contributed by atoms with E-state index in [1.54, 1.807) is 0 Å². The van der Waals surface area contributed by atoms with Crippen molar-refractivity contribution in [2.24, 2.45) is 5.73 Å². The number of aliphatic hydroxyl groups excluding tert-OH is 1. The van der Waals surface area contributed by atoms with Crippen LogP contribution in [0, 0.1) is 13.8 Å². The molecule has 1 aromatic rings. The first-order valence-corrected chi connectivity index (χ1v) is 5.25. The molecule has 1 aromatic carbocycles. The van der Waals surface area contributed by atoms with Crippen LogP contribution in [0.2, 0.25) is 0 Å². The lowest BCUT2D eigenvalue weighted by atomic mass is 10.1. The van der Waals surface area contributed by atoms with Crippen molar-refractivity contribution in [1.29, 1.82) is 0 Å². The summed E-state index contributed by atoms with van der Waals surface area (Å²) in [4.78, 5) is 11.3. The summed E-state index contributed by atoms with van der Waals surface area (Å²) in [6, 6.07) is 5.17. The predicted molar refractivity (Wildman–Crippen MR) is 62.8 cm³/mol. The van der Waals surface area contributed by atoms with Gasteiger partial charge in [0.25, 0.3) is 0 Å². The van der Waals surface area contributed by atoms with E-state index in [9.17, 15) is 4.79 Å². The number of rotatable bonds is 4. The Morgan fingerprint density at radius 2 is 2.12 bits per heavy atom. The highest BCUT2D eigenvalue weighted by Gasteiger charge is 2.10. The van der Waals surface area contributed by atoms with Gasteiger partial charge in [-0.2, -0.15) is 0 Å². The van der Waals surface area contributed by atoms with Crippen molar-refractivity contribution in [2.75, 3.05) is 6.61 Å². The Hall–Kier alpha value is -1.39. The number of carbonyl (C=O) groups is 1. The maximum atomic E-state index is 11.3. The number of aryl methyl sites for hydroxylation is 2. The first kappa shape index (κ1) is 12.7. The van der Waals surface area contributed by atoms with Gasteiger partial charge in [-0.25, -0.2) is 0 Å². The van der Waals surface area contributed by atoms with E-state index in [0.29, 0.717) is 6.54 Å². The highest BCUT2D eigenvalue weighted by Crippen LogP contribution is 2.09. The van der Waals surface area contributed by atoms with Crippen LogP contribution in [0.25, 0.3) is 0 Å². The number of hydrogen-bond acceptors (Lipinski definition) is 3. The Morgan fingerprint density at radius 3 is 2.69 bits per heavy atom. The minimum Gasteiger partial charge on any atom is -0.394 e. The van der Waals surface area contributed by atoms with Crippen molar-refractivity contribution in [1.82, 2.24) is 5.32 Å². The highest BCUT2D eigenvalue weighted by molar-refractivity contribution is 5.81. The Morgan fingerprint density at radius 1 is 1.44 bits per heavy atom. The number of carbonyl (C=O) groups excluding carboxylic acids is 1. The Bertz CT molecular complexity index is 377. The van der Waals surface area contributed by atoms with E-state index in [1.807, 2.05) is 32.0 Å². The summed E-state index contributed by atoms with van der Waals surface area (Å²) in [5, 5.41) is 11.4. The van der Waals surface area contributed by atoms with Crippen molar-refractivity contribution in [2.45, 2.75) is 26.4 Å². The molecule has 1 atom stereocenters. The SMILES string of the molecule is Cc1ccc(CNC(=O)C(N)CO)cc1C. The van der Waals surface area contributed by atoms with Gasteiger partial charge in [-0.3, -0.25) is 4.79 Å². The summed E-state index contributed by atoms with van der Waals surface area (Å²) in [5.74, 6) is -0.333. The van der Waals surface area contributed by atoms with Gasteiger partial charge in [-0.1, -0.05) is 18.2 Å². The number of hydrogen-bond donors (Lipinski definition) is 3. The summed E-state index contributed by atoms with van der Waals surface area (Å²) in [6.07, 6.45) is 0. The molecular weight excluding hydrogens is 204 g/mol. The number of benzene rings is 1. The molecule has 0 fully saturated rings. The molecule has 0 spiro atoms. The van der Waals surface area contributed by atoms with Gasteiger partial charge < -0.3 is 16.2 Å². The first-order valence-electron chi connectivity index (χ1n) is 5.25. The van der Waals surface area contributed by atoms with Gasteiger partial charge in [-0.15, -0.1) is 0 Å². The lowest BCUT2D eigenvalue weighted by Gasteiger charge is -2.10. The molecule has 0 bridgehead atoms. The second-order valence-corrected chi connectivity index (χ2v) is 3.93. The van der Waals surface area contributed by atoms with Crippen LogP contribution in [0.4, 0.5) is 0 Å². The van der Waals surface area contributed by atoms with Gasteiger partial charge in [0.1, 0.15) is 6.04 Å². The third-order valence-corrected chi connectivity index (χ3v) is 2.57. The van der Waals surface area contributed by atoms with Gasteiger partial charge in [0.2, 0.25) is 5.91 Å². The molecule has 16 heavy (non-hydrogen) atoms. The summed E-state index contributed by atoms with van der Waals surface area (Å²) in [7, 11) is 0. The lowest BCUT2D eigenvalue weighted by molar-refractivity contribution is -0.123.